The molecular formula is C29H28ClN3O5. The Morgan fingerprint density at radius 3 is 2.11 bits per heavy atom. The summed E-state index contributed by atoms with van der Waals surface area (Å²) in [7, 11) is 0. The highest BCUT2D eigenvalue weighted by Gasteiger charge is 2.35. The van der Waals surface area contributed by atoms with Gasteiger partial charge in [0, 0.05) is 47.8 Å². The Balaban J connectivity index is 1.31. The summed E-state index contributed by atoms with van der Waals surface area (Å²) >= 11 is 5.90. The topological polar surface area (TPSA) is 108 Å². The van der Waals surface area contributed by atoms with Crippen LogP contribution in [0.2, 0.25) is 5.02 Å². The van der Waals surface area contributed by atoms with Gasteiger partial charge in [-0.25, -0.2) is 5.43 Å². The predicted molar refractivity (Wildman–Crippen MR) is 145 cm³/mol. The van der Waals surface area contributed by atoms with Crippen LogP contribution in [0.15, 0.2) is 77.9 Å². The normalized spacial score (nSPS) is 13.6. The lowest BCUT2D eigenvalue weighted by Crippen LogP contribution is -2.51. The average molecular weight is 534 g/mol. The number of hydrogen-bond acceptors (Lipinski definition) is 6. The number of ether oxygens (including phenoxy) is 1. The van der Waals surface area contributed by atoms with Gasteiger partial charge in [-0.3, -0.25) is 14.4 Å². The first-order chi connectivity index (χ1) is 18.1. The first kappa shape index (κ1) is 26.9. The number of aromatic hydroxyl groups is 1. The van der Waals surface area contributed by atoms with Gasteiger partial charge in [0.1, 0.15) is 11.5 Å². The van der Waals surface area contributed by atoms with Crippen molar-refractivity contribution in [2.24, 2.45) is 5.10 Å². The van der Waals surface area contributed by atoms with Crippen LogP contribution in [0, 0.1) is 0 Å². The van der Waals surface area contributed by atoms with Crippen LogP contribution in [0.25, 0.3) is 0 Å². The predicted octanol–water partition coefficient (Wildman–Crippen LogP) is 4.84. The summed E-state index contributed by atoms with van der Waals surface area (Å²) in [4.78, 5) is 39.8. The van der Waals surface area contributed by atoms with Crippen LogP contribution in [0.5, 0.6) is 11.5 Å². The summed E-state index contributed by atoms with van der Waals surface area (Å²) in [5, 5.41) is 14.5. The van der Waals surface area contributed by atoms with Gasteiger partial charge >= 0.3 is 0 Å². The molecule has 0 unspecified atom stereocenters. The van der Waals surface area contributed by atoms with Crippen molar-refractivity contribution in [2.75, 3.05) is 13.1 Å². The molecule has 3 aromatic rings. The van der Waals surface area contributed by atoms with Crippen LogP contribution < -0.4 is 10.2 Å². The molecule has 4 rings (SSSR count). The maximum Gasteiger partial charge on any atom is 0.275 e. The highest BCUT2D eigenvalue weighted by atomic mass is 35.5. The molecule has 0 bridgehead atoms. The summed E-state index contributed by atoms with van der Waals surface area (Å²) in [5.74, 6) is -0.440. The Morgan fingerprint density at radius 2 is 1.50 bits per heavy atom. The van der Waals surface area contributed by atoms with Crippen molar-refractivity contribution in [3.8, 4) is 11.5 Å². The number of phenolic OH excluding ortho intramolecular Hbond substituents is 1. The second kappa shape index (κ2) is 11.5. The van der Waals surface area contributed by atoms with Crippen LogP contribution in [0.1, 0.15) is 53.0 Å². The minimum absolute atomic E-state index is 0.115. The molecule has 1 aliphatic heterocycles. The van der Waals surface area contributed by atoms with Gasteiger partial charge in [0.15, 0.2) is 11.4 Å². The Labute approximate surface area is 225 Å². The SMILES string of the molecule is CC(C)(Oc1ccc(C(=O)c2ccc(Cl)cc2)cc1)C(=O)N1CCC(=NNC(=O)c2ccccc2O)CC1. The number of rotatable bonds is 7. The van der Waals surface area contributed by atoms with Crippen molar-refractivity contribution >= 4 is 34.9 Å². The molecule has 196 valence electrons. The van der Waals surface area contributed by atoms with Crippen molar-refractivity contribution in [1.82, 2.24) is 10.3 Å². The molecule has 1 fully saturated rings. The maximum atomic E-state index is 13.2. The average Bonchev–Trinajstić information content (AvgIpc) is 2.92. The number of para-hydroxylation sites is 1. The maximum absolute atomic E-state index is 13.2. The fourth-order valence-electron chi connectivity index (χ4n) is 4.10. The molecule has 0 saturated carbocycles. The third-order valence-corrected chi connectivity index (χ3v) is 6.45. The number of halogens is 1. The molecular weight excluding hydrogens is 506 g/mol. The number of ketones is 1. The molecule has 8 nitrogen and oxygen atoms in total. The summed E-state index contributed by atoms with van der Waals surface area (Å²) in [6.45, 7) is 4.29. The smallest absolute Gasteiger partial charge is 0.275 e. The molecule has 2 N–H and O–H groups in total. The number of nitrogens with one attached hydrogen (secondary N) is 1. The minimum Gasteiger partial charge on any atom is -0.507 e. The third-order valence-electron chi connectivity index (χ3n) is 6.20. The molecule has 0 spiro atoms. The van der Waals surface area contributed by atoms with Crippen LogP contribution in [0.3, 0.4) is 0 Å². The van der Waals surface area contributed by atoms with Crippen LogP contribution in [-0.4, -0.2) is 52.0 Å². The highest BCUT2D eigenvalue weighted by Crippen LogP contribution is 2.24. The lowest BCUT2D eigenvalue weighted by Gasteiger charge is -2.34. The van der Waals surface area contributed by atoms with Gasteiger partial charge in [-0.1, -0.05) is 23.7 Å². The molecule has 1 heterocycles. The van der Waals surface area contributed by atoms with Crippen molar-refractivity contribution in [3.05, 3.63) is 94.5 Å². The van der Waals surface area contributed by atoms with E-state index in [-0.39, 0.29) is 23.0 Å². The van der Waals surface area contributed by atoms with Gasteiger partial charge in [-0.05, 0) is 74.5 Å². The molecule has 9 heteroatoms. The Bertz CT molecular complexity index is 1360. The fraction of sp³-hybridized carbons (Fsp3) is 0.241. The molecule has 0 aromatic heterocycles. The van der Waals surface area contributed by atoms with E-state index in [1.54, 1.807) is 79.4 Å². The quantitative estimate of drug-likeness (QED) is 0.333. The first-order valence-electron chi connectivity index (χ1n) is 12.2. The van der Waals surface area contributed by atoms with Crippen LogP contribution >= 0.6 is 11.6 Å². The number of carbonyl (C=O) groups is 3. The van der Waals surface area contributed by atoms with E-state index < -0.39 is 11.5 Å². The molecule has 3 aromatic carbocycles. The number of piperidine rings is 1. The standard InChI is InChI=1S/C29H28ClN3O5/c1-29(2,38-23-13-9-20(10-14-23)26(35)19-7-11-21(30)12-8-19)28(37)33-17-15-22(16-18-33)31-32-27(36)24-5-3-4-6-25(24)34/h3-14,34H,15-18H2,1-2H3,(H,32,36). The van der Waals surface area contributed by atoms with E-state index in [4.69, 9.17) is 16.3 Å². The number of amides is 2. The van der Waals surface area contributed by atoms with Crippen molar-refractivity contribution in [2.45, 2.75) is 32.3 Å². The van der Waals surface area contributed by atoms with E-state index in [1.165, 1.54) is 12.1 Å². The Morgan fingerprint density at radius 1 is 0.921 bits per heavy atom. The van der Waals surface area contributed by atoms with Gasteiger partial charge in [-0.2, -0.15) is 5.10 Å². The number of hydrazone groups is 1. The largest absolute Gasteiger partial charge is 0.507 e. The van der Waals surface area contributed by atoms with Gasteiger partial charge in [-0.15, -0.1) is 0 Å². The lowest BCUT2D eigenvalue weighted by molar-refractivity contribution is -0.145. The minimum atomic E-state index is -1.13. The highest BCUT2D eigenvalue weighted by molar-refractivity contribution is 6.30. The van der Waals surface area contributed by atoms with Crippen LogP contribution in [0.4, 0.5) is 0 Å². The summed E-state index contributed by atoms with van der Waals surface area (Å²) < 4.78 is 6.01. The molecule has 1 aliphatic rings. The zero-order chi connectivity index (χ0) is 27.3. The number of nitrogens with zero attached hydrogens (tertiary/aromatic N) is 2. The zero-order valence-electron chi connectivity index (χ0n) is 21.1. The number of hydrogen-bond donors (Lipinski definition) is 2. The lowest BCUT2D eigenvalue weighted by atomic mass is 10.0. The molecule has 2 amide bonds. The van der Waals surface area contributed by atoms with Gasteiger partial charge in [0.2, 0.25) is 0 Å². The van der Waals surface area contributed by atoms with Gasteiger partial charge < -0.3 is 14.7 Å². The monoisotopic (exact) mass is 533 g/mol. The zero-order valence-corrected chi connectivity index (χ0v) is 21.9. The molecule has 1 saturated heterocycles. The second-order valence-electron chi connectivity index (χ2n) is 9.40. The molecule has 38 heavy (non-hydrogen) atoms. The Hall–Kier alpha value is -4.17. The van der Waals surface area contributed by atoms with Crippen molar-refractivity contribution in [1.29, 1.82) is 0 Å². The number of phenols is 1. The van der Waals surface area contributed by atoms with E-state index in [0.29, 0.717) is 47.8 Å². The molecule has 0 aliphatic carbocycles. The third kappa shape index (κ3) is 6.39. The number of benzene rings is 3. The van der Waals surface area contributed by atoms with E-state index in [9.17, 15) is 19.5 Å². The van der Waals surface area contributed by atoms with Crippen molar-refractivity contribution < 1.29 is 24.2 Å². The summed E-state index contributed by atoms with van der Waals surface area (Å²) in [6.07, 6.45) is 1.01. The summed E-state index contributed by atoms with van der Waals surface area (Å²) in [6, 6.07) is 19.6. The Kier molecular flexibility index (Phi) is 8.12. The van der Waals surface area contributed by atoms with Gasteiger partial charge in [0.05, 0.1) is 5.56 Å². The van der Waals surface area contributed by atoms with E-state index in [2.05, 4.69) is 10.5 Å². The first-order valence-corrected chi connectivity index (χ1v) is 12.5. The van der Waals surface area contributed by atoms with Crippen LogP contribution in [-0.2, 0) is 4.79 Å². The van der Waals surface area contributed by atoms with Gasteiger partial charge in [0.25, 0.3) is 11.8 Å². The molecule has 0 atom stereocenters. The second-order valence-corrected chi connectivity index (χ2v) is 9.84. The number of likely N-dealkylation sites (tertiary alicyclic amines) is 1. The number of carbonyl (C=O) groups excluding carboxylic acids is 3. The van der Waals surface area contributed by atoms with E-state index >= 15 is 0 Å². The van der Waals surface area contributed by atoms with Crippen molar-refractivity contribution in [3.63, 3.8) is 0 Å². The summed E-state index contributed by atoms with van der Waals surface area (Å²) in [5.41, 5.74) is 3.28. The molecule has 0 radical (unpaired) electrons. The van der Waals surface area contributed by atoms with E-state index in [1.807, 2.05) is 0 Å². The van der Waals surface area contributed by atoms with E-state index in [0.717, 1.165) is 5.71 Å². The fourth-order valence-corrected chi connectivity index (χ4v) is 4.22.